The van der Waals surface area contributed by atoms with Crippen LogP contribution in [0.25, 0.3) is 0 Å². The summed E-state index contributed by atoms with van der Waals surface area (Å²) >= 11 is 0. The summed E-state index contributed by atoms with van der Waals surface area (Å²) in [6.45, 7) is 3.91. The molecule has 2 heterocycles. The van der Waals surface area contributed by atoms with Crippen LogP contribution in [0.15, 0.2) is 12.4 Å². The van der Waals surface area contributed by atoms with Gasteiger partial charge in [-0.3, -0.25) is 0 Å². The van der Waals surface area contributed by atoms with Crippen LogP contribution in [-0.4, -0.2) is 29.1 Å². The molecule has 1 fully saturated rings. The summed E-state index contributed by atoms with van der Waals surface area (Å²) in [6.07, 6.45) is 6.47. The largest absolute Gasteiger partial charge is 0.354 e. The second kappa shape index (κ2) is 5.25. The van der Waals surface area contributed by atoms with E-state index in [2.05, 4.69) is 20.9 Å². The van der Waals surface area contributed by atoms with Gasteiger partial charge in [-0.25, -0.2) is 9.97 Å². The second-order valence-corrected chi connectivity index (χ2v) is 4.44. The molecular formula is C12H20N4. The Morgan fingerprint density at radius 2 is 2.38 bits per heavy atom. The molecule has 1 aliphatic rings. The van der Waals surface area contributed by atoms with E-state index in [0.717, 1.165) is 31.0 Å². The van der Waals surface area contributed by atoms with Crippen molar-refractivity contribution < 1.29 is 0 Å². The molecule has 16 heavy (non-hydrogen) atoms. The summed E-state index contributed by atoms with van der Waals surface area (Å²) in [6, 6.07) is 2.69. The highest BCUT2D eigenvalue weighted by molar-refractivity contribution is 5.41. The van der Waals surface area contributed by atoms with Crippen LogP contribution in [0.2, 0.25) is 0 Å². The molecule has 2 N–H and O–H groups in total. The van der Waals surface area contributed by atoms with E-state index < -0.39 is 0 Å². The number of nitrogens with zero attached hydrogens (tertiary/aromatic N) is 3. The Balaban J connectivity index is 2.07. The van der Waals surface area contributed by atoms with Crippen molar-refractivity contribution in [2.45, 2.75) is 38.6 Å². The maximum Gasteiger partial charge on any atom is 0.132 e. The van der Waals surface area contributed by atoms with E-state index in [1.807, 2.05) is 6.92 Å². The van der Waals surface area contributed by atoms with Crippen molar-refractivity contribution in [3.63, 3.8) is 0 Å². The van der Waals surface area contributed by atoms with Crippen LogP contribution in [0.1, 0.15) is 31.4 Å². The van der Waals surface area contributed by atoms with Crippen LogP contribution in [0.5, 0.6) is 0 Å². The first-order chi connectivity index (χ1) is 7.81. The number of hydrogen-bond acceptors (Lipinski definition) is 4. The topological polar surface area (TPSA) is 55.0 Å². The van der Waals surface area contributed by atoms with Gasteiger partial charge in [0.1, 0.15) is 12.1 Å². The van der Waals surface area contributed by atoms with Gasteiger partial charge in [-0.05, 0) is 39.2 Å². The molecule has 0 aromatic carbocycles. The molecule has 0 aliphatic carbocycles. The number of aromatic nitrogens is 2. The third kappa shape index (κ3) is 2.50. The van der Waals surface area contributed by atoms with E-state index in [0.29, 0.717) is 6.04 Å². The van der Waals surface area contributed by atoms with E-state index in [9.17, 15) is 0 Å². The molecule has 4 nitrogen and oxygen atoms in total. The molecule has 1 aliphatic heterocycles. The summed E-state index contributed by atoms with van der Waals surface area (Å²) in [4.78, 5) is 10.9. The first-order valence-electron chi connectivity index (χ1n) is 6.06. The normalized spacial score (nSPS) is 20.4. The zero-order chi connectivity index (χ0) is 11.4. The first-order valence-corrected chi connectivity index (χ1v) is 6.06. The highest BCUT2D eigenvalue weighted by Crippen LogP contribution is 2.26. The van der Waals surface area contributed by atoms with Crippen molar-refractivity contribution in [2.75, 3.05) is 18.0 Å². The smallest absolute Gasteiger partial charge is 0.132 e. The van der Waals surface area contributed by atoms with Crippen LogP contribution in [0.4, 0.5) is 5.82 Å². The Bertz CT molecular complexity index is 340. The molecule has 0 saturated carbocycles. The molecule has 1 saturated heterocycles. The summed E-state index contributed by atoms with van der Waals surface area (Å²) in [7, 11) is 0. The predicted molar refractivity (Wildman–Crippen MR) is 65.4 cm³/mol. The fraction of sp³-hybridized carbons (Fsp3) is 0.667. The Kier molecular flexibility index (Phi) is 3.72. The summed E-state index contributed by atoms with van der Waals surface area (Å²) in [5.74, 6) is 1.08. The molecule has 1 aromatic rings. The van der Waals surface area contributed by atoms with E-state index in [4.69, 9.17) is 5.73 Å². The molecule has 2 rings (SSSR count). The zero-order valence-electron chi connectivity index (χ0n) is 9.89. The Hall–Kier alpha value is -1.16. The van der Waals surface area contributed by atoms with Crippen LogP contribution < -0.4 is 10.6 Å². The quantitative estimate of drug-likeness (QED) is 0.835. The highest BCUT2D eigenvalue weighted by atomic mass is 15.2. The molecule has 88 valence electrons. The first kappa shape index (κ1) is 11.3. The van der Waals surface area contributed by atoms with E-state index in [-0.39, 0.29) is 0 Å². The highest BCUT2D eigenvalue weighted by Gasteiger charge is 2.24. The van der Waals surface area contributed by atoms with Crippen molar-refractivity contribution in [3.05, 3.63) is 18.1 Å². The molecule has 1 atom stereocenters. The molecular weight excluding hydrogens is 200 g/mol. The van der Waals surface area contributed by atoms with Gasteiger partial charge in [-0.15, -0.1) is 0 Å². The maximum atomic E-state index is 5.57. The fourth-order valence-corrected chi connectivity index (χ4v) is 2.39. The van der Waals surface area contributed by atoms with Gasteiger partial charge in [0.25, 0.3) is 0 Å². The molecule has 0 radical (unpaired) electrons. The van der Waals surface area contributed by atoms with Gasteiger partial charge < -0.3 is 10.6 Å². The van der Waals surface area contributed by atoms with Gasteiger partial charge in [0.15, 0.2) is 0 Å². The van der Waals surface area contributed by atoms with Crippen molar-refractivity contribution in [3.8, 4) is 0 Å². The lowest BCUT2D eigenvalue weighted by Crippen LogP contribution is -2.30. The number of hydrogen-bond donors (Lipinski definition) is 1. The lowest BCUT2D eigenvalue weighted by atomic mass is 10.1. The molecule has 0 amide bonds. The SMILES string of the molecule is Cc1cc(N2CCCC2CCCN)ncn1. The van der Waals surface area contributed by atoms with Crippen LogP contribution in [0, 0.1) is 6.92 Å². The third-order valence-electron chi connectivity index (χ3n) is 3.20. The fourth-order valence-electron chi connectivity index (χ4n) is 2.39. The minimum atomic E-state index is 0.623. The zero-order valence-corrected chi connectivity index (χ0v) is 9.89. The minimum absolute atomic E-state index is 0.623. The van der Waals surface area contributed by atoms with E-state index in [1.165, 1.54) is 19.3 Å². The van der Waals surface area contributed by atoms with Crippen molar-refractivity contribution in [2.24, 2.45) is 5.73 Å². The van der Waals surface area contributed by atoms with Gasteiger partial charge in [0.2, 0.25) is 0 Å². The molecule has 0 spiro atoms. The monoisotopic (exact) mass is 220 g/mol. The molecule has 1 unspecified atom stereocenters. The Morgan fingerprint density at radius 1 is 1.50 bits per heavy atom. The number of rotatable bonds is 4. The average Bonchev–Trinajstić information content (AvgIpc) is 2.74. The Morgan fingerprint density at radius 3 is 3.12 bits per heavy atom. The maximum absolute atomic E-state index is 5.57. The standard InChI is InChI=1S/C12H20N4/c1-10-8-12(15-9-14-10)16-7-3-5-11(16)4-2-6-13/h8-9,11H,2-7,13H2,1H3. The summed E-state index contributed by atoms with van der Waals surface area (Å²) < 4.78 is 0. The van der Waals surface area contributed by atoms with Crippen molar-refractivity contribution >= 4 is 5.82 Å². The van der Waals surface area contributed by atoms with Crippen molar-refractivity contribution in [1.82, 2.24) is 9.97 Å². The van der Waals surface area contributed by atoms with Crippen molar-refractivity contribution in [1.29, 1.82) is 0 Å². The lowest BCUT2D eigenvalue weighted by molar-refractivity contribution is 0.582. The Labute approximate surface area is 96.9 Å². The number of aryl methyl sites for hydroxylation is 1. The van der Waals surface area contributed by atoms with E-state index in [1.54, 1.807) is 6.33 Å². The summed E-state index contributed by atoms with van der Waals surface area (Å²) in [5, 5.41) is 0. The van der Waals surface area contributed by atoms with Gasteiger partial charge in [0.05, 0.1) is 0 Å². The van der Waals surface area contributed by atoms with Gasteiger partial charge in [-0.1, -0.05) is 0 Å². The van der Waals surface area contributed by atoms with Gasteiger partial charge in [-0.2, -0.15) is 0 Å². The minimum Gasteiger partial charge on any atom is -0.354 e. The molecule has 1 aromatic heterocycles. The second-order valence-electron chi connectivity index (χ2n) is 4.44. The number of anilines is 1. The lowest BCUT2D eigenvalue weighted by Gasteiger charge is -2.25. The third-order valence-corrected chi connectivity index (χ3v) is 3.20. The molecule has 4 heteroatoms. The van der Waals surface area contributed by atoms with Gasteiger partial charge in [0, 0.05) is 24.3 Å². The van der Waals surface area contributed by atoms with Crippen LogP contribution in [-0.2, 0) is 0 Å². The van der Waals surface area contributed by atoms with Crippen LogP contribution in [0.3, 0.4) is 0 Å². The van der Waals surface area contributed by atoms with E-state index >= 15 is 0 Å². The predicted octanol–water partition coefficient (Wildman–Crippen LogP) is 1.49. The number of nitrogens with two attached hydrogens (primary N) is 1. The van der Waals surface area contributed by atoms with Crippen LogP contribution >= 0.6 is 0 Å². The molecule has 0 bridgehead atoms. The van der Waals surface area contributed by atoms with Gasteiger partial charge >= 0.3 is 0 Å². The average molecular weight is 220 g/mol. The summed E-state index contributed by atoms with van der Waals surface area (Å²) in [5.41, 5.74) is 6.61.